The van der Waals surface area contributed by atoms with Gasteiger partial charge in [0.1, 0.15) is 0 Å². The Hall–Kier alpha value is -1.42. The molecule has 0 bridgehead atoms. The van der Waals surface area contributed by atoms with E-state index in [-0.39, 0.29) is 11.8 Å². The van der Waals surface area contributed by atoms with E-state index in [1.807, 2.05) is 33.3 Å². The Balaban J connectivity index is 2.51. The molecule has 3 N–H and O–H groups in total. The number of nitrogens with one attached hydrogen (secondary N) is 1. The summed E-state index contributed by atoms with van der Waals surface area (Å²) in [5.74, 6) is 0.344. The van der Waals surface area contributed by atoms with Gasteiger partial charge >= 0.3 is 0 Å². The molecule has 0 aliphatic rings. The maximum Gasteiger partial charge on any atom is 0.0947 e. The Bertz CT molecular complexity index is 362. The minimum atomic E-state index is 0.0998. The minimum absolute atomic E-state index is 0.0998. The van der Waals surface area contributed by atoms with Gasteiger partial charge in [-0.05, 0) is 25.1 Å². The average molecular weight is 220 g/mol. The van der Waals surface area contributed by atoms with Crippen molar-refractivity contribution in [1.82, 2.24) is 9.88 Å². The second kappa shape index (κ2) is 5.61. The van der Waals surface area contributed by atoms with Gasteiger partial charge in [-0.25, -0.2) is 0 Å². The summed E-state index contributed by atoms with van der Waals surface area (Å²) in [6, 6.07) is 2.13. The van der Waals surface area contributed by atoms with Crippen LogP contribution >= 0.6 is 0 Å². The lowest BCUT2D eigenvalue weighted by Gasteiger charge is -2.20. The first-order valence-electron chi connectivity index (χ1n) is 5.42. The number of pyridine rings is 1. The minimum Gasteiger partial charge on any atom is -0.387 e. The zero-order chi connectivity index (χ0) is 12.1. The lowest BCUT2D eigenvalue weighted by molar-refractivity contribution is 0.306. The van der Waals surface area contributed by atoms with Gasteiger partial charge in [-0.15, -0.1) is 0 Å². The largest absolute Gasteiger partial charge is 0.387 e. The number of rotatable bonds is 5. The molecule has 1 atom stereocenters. The van der Waals surface area contributed by atoms with Crippen LogP contribution in [-0.2, 0) is 6.54 Å². The molecule has 88 valence electrons. The Morgan fingerprint density at radius 2 is 2.25 bits per heavy atom. The molecule has 0 spiro atoms. The lowest BCUT2D eigenvalue weighted by Crippen LogP contribution is -2.31. The van der Waals surface area contributed by atoms with Crippen LogP contribution in [0.25, 0.3) is 0 Å². The van der Waals surface area contributed by atoms with Crippen molar-refractivity contribution in [1.29, 1.82) is 5.41 Å². The van der Waals surface area contributed by atoms with Gasteiger partial charge in [-0.2, -0.15) is 0 Å². The van der Waals surface area contributed by atoms with Crippen LogP contribution in [0, 0.1) is 18.3 Å². The topological polar surface area (TPSA) is 66.0 Å². The fourth-order valence-electron chi connectivity index (χ4n) is 1.65. The molecule has 4 nitrogen and oxygen atoms in total. The molecule has 4 heteroatoms. The normalized spacial score (nSPS) is 12.8. The zero-order valence-electron chi connectivity index (χ0n) is 10.2. The molecule has 1 rings (SSSR count). The number of aromatic nitrogens is 1. The highest BCUT2D eigenvalue weighted by molar-refractivity contribution is 5.79. The van der Waals surface area contributed by atoms with Crippen molar-refractivity contribution in [3.05, 3.63) is 29.6 Å². The third-order valence-corrected chi connectivity index (χ3v) is 2.50. The van der Waals surface area contributed by atoms with Crippen molar-refractivity contribution < 1.29 is 0 Å². The highest BCUT2D eigenvalue weighted by Crippen LogP contribution is 2.06. The van der Waals surface area contributed by atoms with E-state index in [1.165, 1.54) is 11.1 Å². The van der Waals surface area contributed by atoms with Crippen molar-refractivity contribution in [3.8, 4) is 0 Å². The summed E-state index contributed by atoms with van der Waals surface area (Å²) in [6.45, 7) is 5.64. The van der Waals surface area contributed by atoms with Crippen LogP contribution in [0.2, 0.25) is 0 Å². The standard InChI is InChI=1S/C12H20N4/c1-9-4-11(6-15-5-9)8-16(3)7-10(2)12(13)14/h4-6,10H,7-8H2,1-3H3,(H3,13,14). The lowest BCUT2D eigenvalue weighted by atomic mass is 10.1. The number of nitrogens with two attached hydrogens (primary N) is 1. The first kappa shape index (κ1) is 12.6. The van der Waals surface area contributed by atoms with Crippen molar-refractivity contribution in [2.24, 2.45) is 11.7 Å². The fraction of sp³-hybridized carbons (Fsp3) is 0.500. The summed E-state index contributed by atoms with van der Waals surface area (Å²) >= 11 is 0. The maximum atomic E-state index is 7.35. The summed E-state index contributed by atoms with van der Waals surface area (Å²) < 4.78 is 0. The molecule has 0 saturated carbocycles. The fourth-order valence-corrected chi connectivity index (χ4v) is 1.65. The van der Waals surface area contributed by atoms with Crippen molar-refractivity contribution in [2.75, 3.05) is 13.6 Å². The third-order valence-electron chi connectivity index (χ3n) is 2.50. The SMILES string of the molecule is Cc1cncc(CN(C)CC(C)C(=N)N)c1. The summed E-state index contributed by atoms with van der Waals surface area (Å²) in [4.78, 5) is 6.31. The Morgan fingerprint density at radius 1 is 1.56 bits per heavy atom. The van der Waals surface area contributed by atoms with E-state index < -0.39 is 0 Å². The van der Waals surface area contributed by atoms with Crippen molar-refractivity contribution in [2.45, 2.75) is 20.4 Å². The van der Waals surface area contributed by atoms with Gasteiger partial charge in [0.25, 0.3) is 0 Å². The van der Waals surface area contributed by atoms with E-state index >= 15 is 0 Å². The molecule has 16 heavy (non-hydrogen) atoms. The first-order chi connectivity index (χ1) is 7.49. The molecule has 0 aliphatic heterocycles. The van der Waals surface area contributed by atoms with Gasteiger partial charge in [0.15, 0.2) is 0 Å². The number of nitrogens with zero attached hydrogens (tertiary/aromatic N) is 2. The van der Waals surface area contributed by atoms with Crippen LogP contribution < -0.4 is 5.73 Å². The smallest absolute Gasteiger partial charge is 0.0947 e. The van der Waals surface area contributed by atoms with Gasteiger partial charge in [0.05, 0.1) is 5.84 Å². The number of aryl methyl sites for hydroxylation is 1. The molecule has 1 aromatic rings. The highest BCUT2D eigenvalue weighted by Gasteiger charge is 2.09. The number of hydrogen-bond donors (Lipinski definition) is 2. The second-order valence-corrected chi connectivity index (χ2v) is 4.42. The second-order valence-electron chi connectivity index (χ2n) is 4.42. The molecule has 0 aliphatic carbocycles. The Kier molecular flexibility index (Phi) is 4.43. The zero-order valence-corrected chi connectivity index (χ0v) is 10.2. The molecule has 0 amide bonds. The van der Waals surface area contributed by atoms with Crippen LogP contribution in [0.1, 0.15) is 18.1 Å². The molecule has 1 heterocycles. The van der Waals surface area contributed by atoms with Gasteiger partial charge < -0.3 is 10.6 Å². The average Bonchev–Trinajstić information content (AvgIpc) is 2.16. The monoisotopic (exact) mass is 220 g/mol. The first-order valence-corrected chi connectivity index (χ1v) is 5.42. The number of hydrogen-bond acceptors (Lipinski definition) is 3. The summed E-state index contributed by atoms with van der Waals surface area (Å²) in [7, 11) is 2.03. The van der Waals surface area contributed by atoms with Crippen LogP contribution in [0.15, 0.2) is 18.5 Å². The van der Waals surface area contributed by atoms with Gasteiger partial charge in [-0.1, -0.05) is 13.0 Å². The Morgan fingerprint density at radius 3 is 2.81 bits per heavy atom. The summed E-state index contributed by atoms with van der Waals surface area (Å²) in [5.41, 5.74) is 7.81. The molecule has 0 saturated heterocycles. The maximum absolute atomic E-state index is 7.35. The number of amidine groups is 1. The molecular formula is C12H20N4. The van der Waals surface area contributed by atoms with E-state index in [2.05, 4.69) is 16.0 Å². The van der Waals surface area contributed by atoms with Crippen LogP contribution in [0.4, 0.5) is 0 Å². The molecule has 0 fully saturated rings. The Labute approximate surface area is 97.0 Å². The molecule has 0 aromatic carbocycles. The van der Waals surface area contributed by atoms with E-state index in [0.29, 0.717) is 0 Å². The molecular weight excluding hydrogens is 200 g/mol. The van der Waals surface area contributed by atoms with Crippen molar-refractivity contribution in [3.63, 3.8) is 0 Å². The van der Waals surface area contributed by atoms with Crippen LogP contribution in [-0.4, -0.2) is 29.3 Å². The third kappa shape index (κ3) is 3.98. The molecule has 1 aromatic heterocycles. The predicted octanol–water partition coefficient (Wildman–Crippen LogP) is 1.39. The predicted molar refractivity (Wildman–Crippen MR) is 66.4 cm³/mol. The summed E-state index contributed by atoms with van der Waals surface area (Å²) in [6.07, 6.45) is 3.73. The quantitative estimate of drug-likeness (QED) is 0.582. The van der Waals surface area contributed by atoms with Gasteiger partial charge in [0.2, 0.25) is 0 Å². The highest BCUT2D eigenvalue weighted by atomic mass is 15.1. The van der Waals surface area contributed by atoms with E-state index in [1.54, 1.807) is 0 Å². The summed E-state index contributed by atoms with van der Waals surface area (Å²) in [5, 5.41) is 7.35. The molecule has 1 unspecified atom stereocenters. The molecule has 0 radical (unpaired) electrons. The van der Waals surface area contributed by atoms with Gasteiger partial charge in [0, 0.05) is 31.4 Å². The van der Waals surface area contributed by atoms with Gasteiger partial charge in [-0.3, -0.25) is 10.4 Å². The van der Waals surface area contributed by atoms with Crippen LogP contribution in [0.5, 0.6) is 0 Å². The van der Waals surface area contributed by atoms with Crippen molar-refractivity contribution >= 4 is 5.84 Å². The van der Waals surface area contributed by atoms with E-state index in [4.69, 9.17) is 11.1 Å². The van der Waals surface area contributed by atoms with E-state index in [9.17, 15) is 0 Å². The van der Waals surface area contributed by atoms with Crippen LogP contribution in [0.3, 0.4) is 0 Å². The van der Waals surface area contributed by atoms with E-state index in [0.717, 1.165) is 13.1 Å².